The van der Waals surface area contributed by atoms with Crippen LogP contribution in [0.4, 0.5) is 0 Å². The summed E-state index contributed by atoms with van der Waals surface area (Å²) < 4.78 is 0. The second-order valence-corrected chi connectivity index (χ2v) is 6.16. The maximum absolute atomic E-state index is 12.1. The van der Waals surface area contributed by atoms with Crippen LogP contribution in [0.15, 0.2) is 24.3 Å². The lowest BCUT2D eigenvalue weighted by atomic mass is 9.93. The molecule has 0 heterocycles. The SMILES string of the molecule is Cc1cccc(C2(NC(=O)C(C)(C)C)CC2)c1. The number of amides is 1. The summed E-state index contributed by atoms with van der Waals surface area (Å²) in [5.74, 6) is 0.136. The number of hydrogen-bond donors (Lipinski definition) is 1. The van der Waals surface area contributed by atoms with Gasteiger partial charge in [-0.15, -0.1) is 0 Å². The first kappa shape index (κ1) is 12.2. The quantitative estimate of drug-likeness (QED) is 0.832. The highest BCUT2D eigenvalue weighted by Gasteiger charge is 2.46. The molecule has 0 unspecified atom stereocenters. The van der Waals surface area contributed by atoms with Crippen LogP contribution in [0.2, 0.25) is 0 Å². The maximum Gasteiger partial charge on any atom is 0.226 e. The molecule has 0 saturated heterocycles. The molecular weight excluding hydrogens is 210 g/mol. The number of aryl methyl sites for hydroxylation is 1. The van der Waals surface area contributed by atoms with Crippen LogP contribution in [-0.4, -0.2) is 5.91 Å². The Morgan fingerprint density at radius 3 is 2.41 bits per heavy atom. The van der Waals surface area contributed by atoms with Crippen molar-refractivity contribution in [2.75, 3.05) is 0 Å². The molecule has 1 aliphatic rings. The van der Waals surface area contributed by atoms with Gasteiger partial charge in [-0.25, -0.2) is 0 Å². The molecule has 1 amide bonds. The van der Waals surface area contributed by atoms with E-state index in [1.807, 2.05) is 20.8 Å². The molecule has 0 aliphatic heterocycles. The van der Waals surface area contributed by atoms with Gasteiger partial charge in [0, 0.05) is 5.41 Å². The van der Waals surface area contributed by atoms with Crippen LogP contribution in [0.5, 0.6) is 0 Å². The standard InChI is InChI=1S/C15H21NO/c1-11-6-5-7-12(10-11)15(8-9-15)16-13(17)14(2,3)4/h5-7,10H,8-9H2,1-4H3,(H,16,17). The molecule has 1 aromatic carbocycles. The minimum atomic E-state index is -0.320. The van der Waals surface area contributed by atoms with Gasteiger partial charge in [0.1, 0.15) is 0 Å². The Morgan fingerprint density at radius 1 is 1.29 bits per heavy atom. The minimum absolute atomic E-state index is 0.0869. The first-order chi connectivity index (χ1) is 7.83. The van der Waals surface area contributed by atoms with Gasteiger partial charge in [-0.2, -0.15) is 0 Å². The highest BCUT2D eigenvalue weighted by atomic mass is 16.2. The Hall–Kier alpha value is -1.31. The lowest BCUT2D eigenvalue weighted by molar-refractivity contribution is -0.129. The fourth-order valence-electron chi connectivity index (χ4n) is 1.96. The van der Waals surface area contributed by atoms with Gasteiger partial charge in [0.15, 0.2) is 0 Å². The monoisotopic (exact) mass is 231 g/mol. The van der Waals surface area contributed by atoms with E-state index in [-0.39, 0.29) is 16.9 Å². The molecule has 0 bridgehead atoms. The number of hydrogen-bond acceptors (Lipinski definition) is 1. The number of carbonyl (C=O) groups excluding carboxylic acids is 1. The Kier molecular flexibility index (Phi) is 2.76. The first-order valence-electron chi connectivity index (χ1n) is 6.23. The van der Waals surface area contributed by atoms with Crippen LogP contribution in [0.3, 0.4) is 0 Å². The van der Waals surface area contributed by atoms with Crippen molar-refractivity contribution < 1.29 is 4.79 Å². The van der Waals surface area contributed by atoms with Crippen LogP contribution >= 0.6 is 0 Å². The van der Waals surface area contributed by atoms with E-state index >= 15 is 0 Å². The van der Waals surface area contributed by atoms with Crippen molar-refractivity contribution in [2.45, 2.75) is 46.1 Å². The lowest BCUT2D eigenvalue weighted by Gasteiger charge is -2.24. The third-order valence-corrected chi connectivity index (χ3v) is 3.35. The fourth-order valence-corrected chi connectivity index (χ4v) is 1.96. The van der Waals surface area contributed by atoms with Crippen molar-refractivity contribution in [1.82, 2.24) is 5.32 Å². The van der Waals surface area contributed by atoms with Crippen molar-refractivity contribution >= 4 is 5.91 Å². The molecule has 17 heavy (non-hydrogen) atoms. The molecule has 2 rings (SSSR count). The zero-order chi connectivity index (χ0) is 12.7. The normalized spacial score (nSPS) is 17.6. The lowest BCUT2D eigenvalue weighted by Crippen LogP contribution is -2.41. The molecule has 0 atom stereocenters. The van der Waals surface area contributed by atoms with Crippen LogP contribution in [0.25, 0.3) is 0 Å². The van der Waals surface area contributed by atoms with E-state index in [1.54, 1.807) is 0 Å². The molecule has 92 valence electrons. The molecule has 2 heteroatoms. The number of nitrogens with one attached hydrogen (secondary N) is 1. The Morgan fingerprint density at radius 2 is 1.94 bits per heavy atom. The average Bonchev–Trinajstić information content (AvgIpc) is 2.97. The van der Waals surface area contributed by atoms with Gasteiger partial charge in [0.05, 0.1) is 5.54 Å². The first-order valence-corrected chi connectivity index (χ1v) is 6.23. The largest absolute Gasteiger partial charge is 0.346 e. The van der Waals surface area contributed by atoms with E-state index in [2.05, 4.69) is 36.5 Å². The summed E-state index contributed by atoms with van der Waals surface area (Å²) in [5.41, 5.74) is 2.09. The summed E-state index contributed by atoms with van der Waals surface area (Å²) in [5, 5.41) is 3.21. The van der Waals surface area contributed by atoms with Crippen molar-refractivity contribution in [1.29, 1.82) is 0 Å². The number of carbonyl (C=O) groups is 1. The van der Waals surface area contributed by atoms with E-state index in [0.717, 1.165) is 12.8 Å². The molecule has 1 N–H and O–H groups in total. The summed E-state index contributed by atoms with van der Waals surface area (Å²) >= 11 is 0. The van der Waals surface area contributed by atoms with Crippen LogP contribution < -0.4 is 5.32 Å². The highest BCUT2D eigenvalue weighted by Crippen LogP contribution is 2.46. The molecule has 1 fully saturated rings. The molecule has 0 aromatic heterocycles. The Bertz CT molecular complexity index is 438. The van der Waals surface area contributed by atoms with E-state index in [1.165, 1.54) is 11.1 Å². The predicted octanol–water partition coefficient (Wildman–Crippen LogP) is 3.15. The maximum atomic E-state index is 12.1. The average molecular weight is 231 g/mol. The Balaban J connectivity index is 2.18. The molecule has 0 spiro atoms. The van der Waals surface area contributed by atoms with Gasteiger partial charge in [0.2, 0.25) is 5.91 Å². The second kappa shape index (κ2) is 3.86. The number of benzene rings is 1. The molecule has 1 aromatic rings. The van der Waals surface area contributed by atoms with E-state index in [9.17, 15) is 4.79 Å². The molecule has 2 nitrogen and oxygen atoms in total. The topological polar surface area (TPSA) is 29.1 Å². The Labute approximate surface area is 103 Å². The second-order valence-electron chi connectivity index (χ2n) is 6.16. The summed E-state index contributed by atoms with van der Waals surface area (Å²) in [6.07, 6.45) is 2.11. The summed E-state index contributed by atoms with van der Waals surface area (Å²) in [7, 11) is 0. The van der Waals surface area contributed by atoms with E-state index in [4.69, 9.17) is 0 Å². The summed E-state index contributed by atoms with van der Waals surface area (Å²) in [6, 6.07) is 8.44. The zero-order valence-corrected chi connectivity index (χ0v) is 11.1. The van der Waals surface area contributed by atoms with Gasteiger partial charge in [-0.1, -0.05) is 50.6 Å². The predicted molar refractivity (Wildman–Crippen MR) is 69.7 cm³/mol. The van der Waals surface area contributed by atoms with E-state index in [0.29, 0.717) is 0 Å². The van der Waals surface area contributed by atoms with Crippen molar-refractivity contribution in [3.05, 3.63) is 35.4 Å². The van der Waals surface area contributed by atoms with Crippen LogP contribution in [0, 0.1) is 12.3 Å². The van der Waals surface area contributed by atoms with Gasteiger partial charge >= 0.3 is 0 Å². The van der Waals surface area contributed by atoms with E-state index < -0.39 is 0 Å². The zero-order valence-electron chi connectivity index (χ0n) is 11.1. The van der Waals surface area contributed by atoms with Crippen molar-refractivity contribution in [3.8, 4) is 0 Å². The van der Waals surface area contributed by atoms with Gasteiger partial charge in [-0.3, -0.25) is 4.79 Å². The number of rotatable bonds is 2. The van der Waals surface area contributed by atoms with Crippen LogP contribution in [0.1, 0.15) is 44.7 Å². The molecule has 0 radical (unpaired) electrons. The van der Waals surface area contributed by atoms with Gasteiger partial charge < -0.3 is 5.32 Å². The van der Waals surface area contributed by atoms with Crippen molar-refractivity contribution in [2.24, 2.45) is 5.41 Å². The van der Waals surface area contributed by atoms with Crippen LogP contribution in [-0.2, 0) is 10.3 Å². The molecule has 1 aliphatic carbocycles. The minimum Gasteiger partial charge on any atom is -0.346 e. The summed E-state index contributed by atoms with van der Waals surface area (Å²) in [4.78, 5) is 12.1. The smallest absolute Gasteiger partial charge is 0.226 e. The third kappa shape index (κ3) is 2.51. The molecular formula is C15H21NO. The third-order valence-electron chi connectivity index (χ3n) is 3.35. The molecule has 1 saturated carbocycles. The summed E-state index contributed by atoms with van der Waals surface area (Å²) in [6.45, 7) is 7.95. The fraction of sp³-hybridized carbons (Fsp3) is 0.533. The van der Waals surface area contributed by atoms with Crippen molar-refractivity contribution in [3.63, 3.8) is 0 Å². The van der Waals surface area contributed by atoms with Gasteiger partial charge in [-0.05, 0) is 25.3 Å². The van der Waals surface area contributed by atoms with Gasteiger partial charge in [0.25, 0.3) is 0 Å². The highest BCUT2D eigenvalue weighted by molar-refractivity contribution is 5.82.